The second-order valence-electron chi connectivity index (χ2n) is 6.52. The quantitative estimate of drug-likeness (QED) is 0.575. The third-order valence-electron chi connectivity index (χ3n) is 4.52. The van der Waals surface area contributed by atoms with E-state index in [0.717, 1.165) is 11.1 Å². The average Bonchev–Trinajstić information content (AvgIpc) is 3.37. The van der Waals surface area contributed by atoms with E-state index in [9.17, 15) is 14.0 Å². The second kappa shape index (κ2) is 8.75. The lowest BCUT2D eigenvalue weighted by Crippen LogP contribution is -2.40. The molecule has 1 aliphatic heterocycles. The molecule has 1 aliphatic rings. The van der Waals surface area contributed by atoms with Crippen molar-refractivity contribution in [2.45, 2.75) is 6.54 Å². The van der Waals surface area contributed by atoms with Gasteiger partial charge in [0, 0.05) is 23.2 Å². The number of benzene rings is 2. The second-order valence-corrected chi connectivity index (χ2v) is 8.41. The Kier molecular flexibility index (Phi) is 5.92. The van der Waals surface area contributed by atoms with Crippen LogP contribution in [0.3, 0.4) is 0 Å². The van der Waals surface area contributed by atoms with Crippen LogP contribution in [0.25, 0.3) is 11.3 Å². The molecule has 0 atom stereocenters. The van der Waals surface area contributed by atoms with Gasteiger partial charge in [-0.2, -0.15) is 0 Å². The molecule has 0 unspecified atom stereocenters. The van der Waals surface area contributed by atoms with Crippen LogP contribution in [-0.2, 0) is 11.3 Å². The van der Waals surface area contributed by atoms with Gasteiger partial charge in [-0.15, -0.1) is 11.3 Å². The lowest BCUT2D eigenvalue weighted by Gasteiger charge is -2.23. The molecule has 0 saturated carbocycles. The van der Waals surface area contributed by atoms with Crippen LogP contribution in [0.15, 0.2) is 60.0 Å². The summed E-state index contributed by atoms with van der Waals surface area (Å²) in [6, 6.07) is 15.8. The Bertz CT molecular complexity index is 1010. The maximum atomic E-state index is 13.2. The molecule has 3 aromatic rings. The highest BCUT2D eigenvalue weighted by Gasteiger charge is 2.27. The first kappa shape index (κ1) is 19.6. The van der Waals surface area contributed by atoms with Crippen molar-refractivity contribution in [2.24, 2.45) is 0 Å². The molecule has 29 heavy (non-hydrogen) atoms. The largest absolute Gasteiger partial charge is 0.323 e. The number of carbonyl (C=O) groups is 2. The van der Waals surface area contributed by atoms with E-state index in [4.69, 9.17) is 0 Å². The first-order valence-electron chi connectivity index (χ1n) is 9.07. The summed E-state index contributed by atoms with van der Waals surface area (Å²) in [4.78, 5) is 32.8. The highest BCUT2D eigenvalue weighted by molar-refractivity contribution is 8.13. The van der Waals surface area contributed by atoms with Crippen LogP contribution in [0.5, 0.6) is 0 Å². The van der Waals surface area contributed by atoms with Gasteiger partial charge in [0.15, 0.2) is 5.13 Å². The molecule has 2 aromatic carbocycles. The Morgan fingerprint density at radius 2 is 1.90 bits per heavy atom. The number of rotatable bonds is 6. The third-order valence-corrected chi connectivity index (χ3v) is 6.27. The molecule has 5 nitrogen and oxygen atoms in total. The minimum absolute atomic E-state index is 0.0319. The van der Waals surface area contributed by atoms with E-state index in [1.807, 2.05) is 35.7 Å². The number of aromatic nitrogens is 1. The van der Waals surface area contributed by atoms with Gasteiger partial charge in [0.1, 0.15) is 12.4 Å². The highest BCUT2D eigenvalue weighted by Crippen LogP contribution is 2.29. The van der Waals surface area contributed by atoms with Gasteiger partial charge in [-0.1, -0.05) is 42.1 Å². The van der Waals surface area contributed by atoms with Gasteiger partial charge in [0.25, 0.3) is 5.24 Å². The van der Waals surface area contributed by atoms with Crippen molar-refractivity contribution in [1.82, 2.24) is 9.88 Å². The molecule has 0 aliphatic carbocycles. The van der Waals surface area contributed by atoms with Crippen LogP contribution in [0.1, 0.15) is 5.56 Å². The van der Waals surface area contributed by atoms with Crippen LogP contribution in [0.4, 0.5) is 14.3 Å². The molecule has 1 aromatic heterocycles. The van der Waals surface area contributed by atoms with Crippen LogP contribution >= 0.6 is 23.1 Å². The predicted octanol–water partition coefficient (Wildman–Crippen LogP) is 4.65. The van der Waals surface area contributed by atoms with E-state index in [2.05, 4.69) is 4.98 Å². The number of thiazole rings is 1. The summed E-state index contributed by atoms with van der Waals surface area (Å²) in [5.74, 6) is 0.222. The number of amides is 2. The summed E-state index contributed by atoms with van der Waals surface area (Å²) in [6.45, 7) is 0.975. The van der Waals surface area contributed by atoms with E-state index < -0.39 is 0 Å². The molecule has 148 valence electrons. The number of nitrogens with zero attached hydrogens (tertiary/aromatic N) is 3. The molecular weight excluding hydrogens is 409 g/mol. The SMILES string of the molecule is O=C1SCCN1CC(=O)N(Cc1ccccc1)c1nc(-c2ccc(F)cc2)cs1. The molecule has 0 spiro atoms. The van der Waals surface area contributed by atoms with E-state index >= 15 is 0 Å². The Labute approximate surface area is 176 Å². The van der Waals surface area contributed by atoms with Crippen molar-refractivity contribution in [2.75, 3.05) is 23.7 Å². The fourth-order valence-electron chi connectivity index (χ4n) is 2.99. The lowest BCUT2D eigenvalue weighted by molar-refractivity contribution is -0.119. The third kappa shape index (κ3) is 4.65. The van der Waals surface area contributed by atoms with Crippen molar-refractivity contribution in [3.8, 4) is 11.3 Å². The Morgan fingerprint density at radius 1 is 1.14 bits per heavy atom. The summed E-state index contributed by atoms with van der Waals surface area (Å²) < 4.78 is 13.2. The van der Waals surface area contributed by atoms with Gasteiger partial charge in [-0.05, 0) is 29.8 Å². The van der Waals surface area contributed by atoms with E-state index in [1.165, 1.54) is 35.2 Å². The average molecular weight is 428 g/mol. The maximum absolute atomic E-state index is 13.2. The molecule has 1 fully saturated rings. The number of hydrogen-bond acceptors (Lipinski definition) is 5. The minimum Gasteiger partial charge on any atom is -0.323 e. The molecule has 0 radical (unpaired) electrons. The molecule has 2 heterocycles. The highest BCUT2D eigenvalue weighted by atomic mass is 32.2. The normalized spacial score (nSPS) is 13.7. The predicted molar refractivity (Wildman–Crippen MR) is 115 cm³/mol. The van der Waals surface area contributed by atoms with Gasteiger partial charge in [-0.25, -0.2) is 9.37 Å². The Hall–Kier alpha value is -2.71. The zero-order valence-corrected chi connectivity index (χ0v) is 17.1. The molecule has 0 bridgehead atoms. The fraction of sp³-hybridized carbons (Fsp3) is 0.190. The van der Waals surface area contributed by atoms with Gasteiger partial charge < -0.3 is 4.90 Å². The van der Waals surface area contributed by atoms with Crippen LogP contribution in [-0.4, -0.2) is 39.9 Å². The number of thioether (sulfide) groups is 1. The summed E-state index contributed by atoms with van der Waals surface area (Å²) in [7, 11) is 0. The fourth-order valence-corrected chi connectivity index (χ4v) is 4.66. The van der Waals surface area contributed by atoms with Crippen LogP contribution in [0.2, 0.25) is 0 Å². The van der Waals surface area contributed by atoms with Crippen molar-refractivity contribution in [3.05, 3.63) is 71.4 Å². The smallest absolute Gasteiger partial charge is 0.282 e. The van der Waals surface area contributed by atoms with E-state index in [0.29, 0.717) is 29.7 Å². The Morgan fingerprint density at radius 3 is 2.59 bits per heavy atom. The summed E-state index contributed by atoms with van der Waals surface area (Å²) in [6.07, 6.45) is 0. The monoisotopic (exact) mass is 427 g/mol. The maximum Gasteiger partial charge on any atom is 0.282 e. The standard InChI is InChI=1S/C21H18FN3O2S2/c22-17-8-6-16(7-9-17)18-14-29-20(23-18)25(12-15-4-2-1-3-5-15)19(26)13-24-10-11-28-21(24)27/h1-9,14H,10-13H2. The lowest BCUT2D eigenvalue weighted by atomic mass is 10.2. The zero-order chi connectivity index (χ0) is 20.2. The first-order chi connectivity index (χ1) is 14.1. The van der Waals surface area contributed by atoms with Crippen molar-refractivity contribution in [1.29, 1.82) is 0 Å². The number of carbonyl (C=O) groups excluding carboxylic acids is 2. The van der Waals surface area contributed by atoms with Gasteiger partial charge in [0.2, 0.25) is 5.91 Å². The molecule has 0 N–H and O–H groups in total. The van der Waals surface area contributed by atoms with Gasteiger partial charge >= 0.3 is 0 Å². The van der Waals surface area contributed by atoms with E-state index in [1.54, 1.807) is 21.9 Å². The van der Waals surface area contributed by atoms with Crippen LogP contribution < -0.4 is 4.90 Å². The van der Waals surface area contributed by atoms with Crippen LogP contribution in [0, 0.1) is 5.82 Å². The number of hydrogen-bond donors (Lipinski definition) is 0. The number of anilines is 1. The summed E-state index contributed by atoms with van der Waals surface area (Å²) >= 11 is 2.59. The Balaban J connectivity index is 1.60. The number of halogens is 1. The minimum atomic E-state index is -0.307. The summed E-state index contributed by atoms with van der Waals surface area (Å²) in [5.41, 5.74) is 2.44. The van der Waals surface area contributed by atoms with Crippen molar-refractivity contribution < 1.29 is 14.0 Å². The molecule has 4 rings (SSSR count). The molecular formula is C21H18FN3O2S2. The van der Waals surface area contributed by atoms with E-state index in [-0.39, 0.29) is 23.5 Å². The van der Waals surface area contributed by atoms with Gasteiger partial charge in [0.05, 0.1) is 12.2 Å². The van der Waals surface area contributed by atoms with Crippen molar-refractivity contribution >= 4 is 39.4 Å². The van der Waals surface area contributed by atoms with Gasteiger partial charge in [-0.3, -0.25) is 14.5 Å². The van der Waals surface area contributed by atoms with Crippen molar-refractivity contribution in [3.63, 3.8) is 0 Å². The molecule has 8 heteroatoms. The topological polar surface area (TPSA) is 53.5 Å². The zero-order valence-electron chi connectivity index (χ0n) is 15.5. The molecule has 1 saturated heterocycles. The summed E-state index contributed by atoms with van der Waals surface area (Å²) in [5, 5.41) is 2.34. The first-order valence-corrected chi connectivity index (χ1v) is 10.9. The molecule has 2 amide bonds.